The number of alkyl halides is 4. The quantitative estimate of drug-likeness (QED) is 0.341. The summed E-state index contributed by atoms with van der Waals surface area (Å²) in [5, 5.41) is 0. The molecule has 0 amide bonds. The van der Waals surface area contributed by atoms with E-state index in [1.54, 1.807) is 0 Å². The third-order valence-electron chi connectivity index (χ3n) is 3.88. The van der Waals surface area contributed by atoms with Crippen molar-refractivity contribution in [3.8, 4) is 5.75 Å². The van der Waals surface area contributed by atoms with Crippen LogP contribution in [0, 0.1) is 5.92 Å². The van der Waals surface area contributed by atoms with Crippen LogP contribution in [0.1, 0.15) is 48.4 Å². The SMILES string of the molecule is CC(Oc1ccc2c(c1)C(=O)OC2=O)=C(C(C)C)C(C)(F)C(F)(F)F. The number of hydrogen-bond acceptors (Lipinski definition) is 4. The molecule has 1 atom stereocenters. The van der Waals surface area contributed by atoms with E-state index in [9.17, 15) is 27.2 Å². The van der Waals surface area contributed by atoms with Gasteiger partial charge in [-0.1, -0.05) is 13.8 Å². The van der Waals surface area contributed by atoms with Gasteiger partial charge in [-0.2, -0.15) is 13.2 Å². The van der Waals surface area contributed by atoms with Gasteiger partial charge in [0, 0.05) is 5.57 Å². The van der Waals surface area contributed by atoms with Crippen LogP contribution in [0.15, 0.2) is 29.5 Å². The molecule has 1 aliphatic heterocycles. The molecule has 0 saturated heterocycles. The second-order valence-electron chi connectivity index (χ2n) is 6.11. The van der Waals surface area contributed by atoms with Gasteiger partial charge in [-0.15, -0.1) is 0 Å². The zero-order valence-corrected chi connectivity index (χ0v) is 14.0. The summed E-state index contributed by atoms with van der Waals surface area (Å²) in [6.45, 7) is 4.50. The van der Waals surface area contributed by atoms with E-state index in [1.165, 1.54) is 39.0 Å². The standard InChI is InChI=1S/C17H16F4O4/c1-8(2)13(16(4,18)17(19,20)21)9(3)24-10-5-6-11-12(7-10)15(23)25-14(11)22/h5-8H,1-4H3. The lowest BCUT2D eigenvalue weighted by molar-refractivity contribution is -0.212. The van der Waals surface area contributed by atoms with Crippen LogP contribution in [0.5, 0.6) is 5.75 Å². The number of benzene rings is 1. The molecule has 0 aromatic heterocycles. The molecule has 0 aliphatic carbocycles. The molecule has 136 valence electrons. The molecule has 4 nitrogen and oxygen atoms in total. The van der Waals surface area contributed by atoms with Crippen LogP contribution in [-0.2, 0) is 4.74 Å². The van der Waals surface area contributed by atoms with Crippen LogP contribution >= 0.6 is 0 Å². The zero-order chi connectivity index (χ0) is 19.2. The van der Waals surface area contributed by atoms with Crippen molar-refractivity contribution in [2.75, 3.05) is 0 Å². The molecule has 1 aliphatic rings. The lowest BCUT2D eigenvalue weighted by Crippen LogP contribution is -2.42. The van der Waals surface area contributed by atoms with Crippen molar-refractivity contribution in [2.24, 2.45) is 5.92 Å². The van der Waals surface area contributed by atoms with Gasteiger partial charge in [0.2, 0.25) is 5.67 Å². The predicted molar refractivity (Wildman–Crippen MR) is 79.9 cm³/mol. The fourth-order valence-electron chi connectivity index (χ4n) is 2.79. The Kier molecular flexibility index (Phi) is 4.67. The smallest absolute Gasteiger partial charge is 0.426 e. The van der Waals surface area contributed by atoms with Crippen molar-refractivity contribution < 1.29 is 36.6 Å². The summed E-state index contributed by atoms with van der Waals surface area (Å²) in [5.74, 6) is -2.73. The van der Waals surface area contributed by atoms with E-state index in [-0.39, 0.29) is 22.6 Å². The average Bonchev–Trinajstić information content (AvgIpc) is 2.71. The van der Waals surface area contributed by atoms with Gasteiger partial charge in [-0.25, -0.2) is 14.0 Å². The lowest BCUT2D eigenvalue weighted by atomic mass is 9.87. The summed E-state index contributed by atoms with van der Waals surface area (Å²) >= 11 is 0. The molecule has 0 spiro atoms. The highest BCUT2D eigenvalue weighted by Crippen LogP contribution is 2.43. The molecule has 0 fully saturated rings. The predicted octanol–water partition coefficient (Wildman–Crippen LogP) is 4.60. The van der Waals surface area contributed by atoms with Crippen LogP contribution in [0.4, 0.5) is 17.6 Å². The minimum absolute atomic E-state index is 0.000903. The molecule has 2 rings (SSSR count). The van der Waals surface area contributed by atoms with Crippen LogP contribution in [0.25, 0.3) is 0 Å². The second-order valence-corrected chi connectivity index (χ2v) is 6.11. The van der Waals surface area contributed by atoms with Gasteiger partial charge < -0.3 is 9.47 Å². The van der Waals surface area contributed by atoms with E-state index >= 15 is 0 Å². The van der Waals surface area contributed by atoms with Crippen LogP contribution < -0.4 is 4.74 Å². The Hall–Kier alpha value is -2.38. The number of fused-ring (bicyclic) bond motifs is 1. The number of rotatable bonds is 4. The number of esters is 2. The van der Waals surface area contributed by atoms with Crippen LogP contribution in [-0.4, -0.2) is 23.8 Å². The highest BCUT2D eigenvalue weighted by atomic mass is 19.4. The first kappa shape index (κ1) is 19.0. The van der Waals surface area contributed by atoms with Gasteiger partial charge in [0.15, 0.2) is 0 Å². The lowest BCUT2D eigenvalue weighted by Gasteiger charge is -2.30. The molecule has 0 bridgehead atoms. The molecule has 0 saturated carbocycles. The average molecular weight is 360 g/mol. The van der Waals surface area contributed by atoms with Crippen LogP contribution in [0.3, 0.4) is 0 Å². The highest BCUT2D eigenvalue weighted by Gasteiger charge is 2.56. The molecule has 1 aromatic rings. The minimum atomic E-state index is -5.11. The monoisotopic (exact) mass is 360 g/mol. The van der Waals surface area contributed by atoms with Crippen molar-refractivity contribution >= 4 is 11.9 Å². The maximum Gasteiger partial charge on any atom is 0.426 e. The van der Waals surface area contributed by atoms with E-state index in [0.29, 0.717) is 6.92 Å². The maximum absolute atomic E-state index is 14.4. The first-order valence-electron chi connectivity index (χ1n) is 7.41. The Labute approximate surface area is 141 Å². The molecule has 0 radical (unpaired) electrons. The van der Waals surface area contributed by atoms with Gasteiger partial charge in [-0.05, 0) is 38.0 Å². The summed E-state index contributed by atoms with van der Waals surface area (Å²) in [4.78, 5) is 22.9. The molecule has 1 aromatic carbocycles. The third kappa shape index (κ3) is 3.38. The Morgan fingerprint density at radius 1 is 1.08 bits per heavy atom. The Balaban J connectivity index is 2.44. The number of ether oxygens (including phenoxy) is 2. The molecule has 8 heteroatoms. The molecule has 1 heterocycles. The van der Waals surface area contributed by atoms with E-state index in [1.807, 2.05) is 0 Å². The zero-order valence-electron chi connectivity index (χ0n) is 14.0. The van der Waals surface area contributed by atoms with E-state index in [4.69, 9.17) is 4.74 Å². The Bertz CT molecular complexity index is 760. The van der Waals surface area contributed by atoms with E-state index < -0.39 is 35.3 Å². The number of carbonyl (C=O) groups is 2. The number of cyclic esters (lactones) is 2. The summed E-state index contributed by atoms with van der Waals surface area (Å²) in [5.41, 5.74) is -4.15. The topological polar surface area (TPSA) is 52.6 Å². The highest BCUT2D eigenvalue weighted by molar-refractivity contribution is 6.14. The molecular formula is C17H16F4O4. The van der Waals surface area contributed by atoms with Crippen molar-refractivity contribution in [1.29, 1.82) is 0 Å². The number of halogens is 4. The molecule has 1 unspecified atom stereocenters. The summed E-state index contributed by atoms with van der Waals surface area (Å²) in [7, 11) is 0. The fourth-order valence-corrected chi connectivity index (χ4v) is 2.79. The van der Waals surface area contributed by atoms with Crippen molar-refractivity contribution in [1.82, 2.24) is 0 Å². The Morgan fingerprint density at radius 2 is 1.64 bits per heavy atom. The third-order valence-corrected chi connectivity index (χ3v) is 3.88. The van der Waals surface area contributed by atoms with Gasteiger partial charge in [-0.3, -0.25) is 0 Å². The molecular weight excluding hydrogens is 344 g/mol. The normalized spacial score (nSPS) is 17.8. The second kappa shape index (κ2) is 6.16. The van der Waals surface area contributed by atoms with Crippen molar-refractivity contribution in [3.63, 3.8) is 0 Å². The Morgan fingerprint density at radius 3 is 2.16 bits per heavy atom. The van der Waals surface area contributed by atoms with Crippen molar-refractivity contribution in [3.05, 3.63) is 40.7 Å². The summed E-state index contributed by atoms with van der Waals surface area (Å²) < 4.78 is 63.3. The maximum atomic E-state index is 14.4. The van der Waals surface area contributed by atoms with Crippen molar-refractivity contribution in [2.45, 2.75) is 39.5 Å². The molecule has 25 heavy (non-hydrogen) atoms. The first-order chi connectivity index (χ1) is 11.4. The van der Waals surface area contributed by atoms with Gasteiger partial charge in [0.1, 0.15) is 11.5 Å². The fraction of sp³-hybridized carbons (Fsp3) is 0.412. The van der Waals surface area contributed by atoms with Gasteiger partial charge >= 0.3 is 18.1 Å². The first-order valence-corrected chi connectivity index (χ1v) is 7.41. The van der Waals surface area contributed by atoms with Crippen LogP contribution in [0.2, 0.25) is 0 Å². The molecule has 0 N–H and O–H groups in total. The summed E-state index contributed by atoms with van der Waals surface area (Å²) in [6.07, 6.45) is -5.11. The van der Waals surface area contributed by atoms with E-state index in [0.717, 1.165) is 0 Å². The summed E-state index contributed by atoms with van der Waals surface area (Å²) in [6, 6.07) is 3.73. The number of carbonyl (C=O) groups excluding carboxylic acids is 2. The number of hydrogen-bond donors (Lipinski definition) is 0. The largest absolute Gasteiger partial charge is 0.462 e. The van der Waals surface area contributed by atoms with Gasteiger partial charge in [0.05, 0.1) is 11.1 Å². The number of allylic oxidation sites excluding steroid dienone is 2. The minimum Gasteiger partial charge on any atom is -0.462 e. The van der Waals surface area contributed by atoms with E-state index in [2.05, 4.69) is 4.74 Å². The van der Waals surface area contributed by atoms with Gasteiger partial charge in [0.25, 0.3) is 0 Å².